The minimum Gasteiger partial charge on any atom is -0.387 e. The molecule has 1 aromatic heterocycles. The van der Waals surface area contributed by atoms with Crippen LogP contribution in [0.5, 0.6) is 0 Å². The van der Waals surface area contributed by atoms with Gasteiger partial charge in [-0.1, -0.05) is 12.1 Å². The standard InChI is InChI=1S/C12H16N4O4S2/c1-16-10-5-3-2-4-9(10)15-12(16)6-7-14-11(13)8-21-20-22(17,18)19/h2-5H,6-8H2,1H3,(H2,13,14)(H,17,18,19). The first kappa shape index (κ1) is 16.7. The number of hydrogen-bond acceptors (Lipinski definition) is 6. The molecule has 0 saturated carbocycles. The molecule has 0 unspecified atom stereocenters. The largest absolute Gasteiger partial charge is 0.408 e. The van der Waals surface area contributed by atoms with Crippen LogP contribution in [0.2, 0.25) is 0 Å². The van der Waals surface area contributed by atoms with Crippen molar-refractivity contribution in [3.05, 3.63) is 30.1 Å². The third-order valence-corrected chi connectivity index (χ3v) is 4.36. The van der Waals surface area contributed by atoms with Gasteiger partial charge >= 0.3 is 10.4 Å². The lowest BCUT2D eigenvalue weighted by molar-refractivity contribution is 0.408. The molecule has 10 heteroatoms. The summed E-state index contributed by atoms with van der Waals surface area (Å²) in [5.41, 5.74) is 7.60. The highest BCUT2D eigenvalue weighted by Crippen LogP contribution is 2.14. The van der Waals surface area contributed by atoms with E-state index in [0.29, 0.717) is 25.0 Å². The van der Waals surface area contributed by atoms with Crippen LogP contribution in [0.1, 0.15) is 5.82 Å². The highest BCUT2D eigenvalue weighted by atomic mass is 32.3. The van der Waals surface area contributed by atoms with Crippen LogP contribution in [0.15, 0.2) is 29.3 Å². The maximum atomic E-state index is 10.4. The lowest BCUT2D eigenvalue weighted by atomic mass is 10.3. The molecule has 3 N–H and O–H groups in total. The van der Waals surface area contributed by atoms with Gasteiger partial charge in [0.25, 0.3) is 0 Å². The second-order valence-electron chi connectivity index (χ2n) is 4.46. The number of aryl methyl sites for hydroxylation is 1. The number of hydrogen-bond donors (Lipinski definition) is 2. The van der Waals surface area contributed by atoms with Crippen molar-refractivity contribution in [2.45, 2.75) is 6.42 Å². The summed E-state index contributed by atoms with van der Waals surface area (Å²) in [6.07, 6.45) is 0.607. The molecule has 1 aromatic carbocycles. The Kier molecular flexibility index (Phi) is 5.40. The van der Waals surface area contributed by atoms with Crippen molar-refractivity contribution in [3.63, 3.8) is 0 Å². The van der Waals surface area contributed by atoms with Gasteiger partial charge in [0.05, 0.1) is 16.8 Å². The molecule has 22 heavy (non-hydrogen) atoms. The van der Waals surface area contributed by atoms with Gasteiger partial charge in [-0.2, -0.15) is 12.0 Å². The fraction of sp³-hybridized carbons (Fsp3) is 0.333. The lowest BCUT2D eigenvalue weighted by Crippen LogP contribution is -2.16. The molecule has 0 saturated heterocycles. The third-order valence-electron chi connectivity index (χ3n) is 2.87. The van der Waals surface area contributed by atoms with Gasteiger partial charge in [-0.25, -0.2) is 4.98 Å². The lowest BCUT2D eigenvalue weighted by Gasteiger charge is -2.02. The van der Waals surface area contributed by atoms with E-state index in [1.54, 1.807) is 0 Å². The third kappa shape index (κ3) is 4.70. The van der Waals surface area contributed by atoms with Crippen LogP contribution in [0, 0.1) is 0 Å². The maximum Gasteiger partial charge on any atom is 0.408 e. The van der Waals surface area contributed by atoms with Gasteiger partial charge in [-0.15, -0.1) is 0 Å². The number of benzene rings is 1. The Balaban J connectivity index is 1.89. The van der Waals surface area contributed by atoms with Crippen molar-refractivity contribution in [1.82, 2.24) is 9.55 Å². The summed E-state index contributed by atoms with van der Waals surface area (Å²) in [7, 11) is -2.53. The second-order valence-corrected chi connectivity index (χ2v) is 6.38. The molecule has 0 amide bonds. The van der Waals surface area contributed by atoms with Gasteiger partial charge in [0.2, 0.25) is 0 Å². The number of fused-ring (bicyclic) bond motifs is 1. The molecule has 0 radical (unpaired) electrons. The molecule has 2 aromatic rings. The first-order valence-electron chi connectivity index (χ1n) is 6.34. The number of aromatic nitrogens is 2. The number of imidazole rings is 1. The first-order valence-corrected chi connectivity index (χ1v) is 8.62. The van der Waals surface area contributed by atoms with Crippen molar-refractivity contribution < 1.29 is 16.6 Å². The zero-order valence-corrected chi connectivity index (χ0v) is 13.5. The Labute approximate surface area is 132 Å². The fourth-order valence-corrected chi connectivity index (χ4v) is 2.80. The zero-order chi connectivity index (χ0) is 16.2. The number of nitrogens with zero attached hydrogens (tertiary/aromatic N) is 3. The van der Waals surface area contributed by atoms with Crippen LogP contribution < -0.4 is 5.73 Å². The van der Waals surface area contributed by atoms with E-state index in [-0.39, 0.29) is 11.6 Å². The minimum absolute atomic E-state index is 0.0440. The Morgan fingerprint density at radius 1 is 1.50 bits per heavy atom. The van der Waals surface area contributed by atoms with E-state index in [9.17, 15) is 8.42 Å². The summed E-state index contributed by atoms with van der Waals surface area (Å²) in [5.74, 6) is 1.16. The molecule has 120 valence electrons. The topological polar surface area (TPSA) is 120 Å². The number of rotatable bonds is 7. The predicted molar refractivity (Wildman–Crippen MR) is 86.0 cm³/mol. The van der Waals surface area contributed by atoms with Crippen LogP contribution >= 0.6 is 12.0 Å². The molecule has 0 spiro atoms. The second kappa shape index (κ2) is 7.09. The Morgan fingerprint density at radius 3 is 2.91 bits per heavy atom. The van der Waals surface area contributed by atoms with Crippen molar-refractivity contribution in [2.75, 3.05) is 12.3 Å². The van der Waals surface area contributed by atoms with E-state index in [1.165, 1.54) is 0 Å². The van der Waals surface area contributed by atoms with E-state index in [4.69, 9.17) is 10.3 Å². The molecule has 0 aliphatic heterocycles. The summed E-state index contributed by atoms with van der Waals surface area (Å²) in [6.45, 7) is 0.426. The molecular weight excluding hydrogens is 328 g/mol. The number of para-hydroxylation sites is 2. The van der Waals surface area contributed by atoms with Crippen LogP contribution in [-0.4, -0.2) is 40.7 Å². The Morgan fingerprint density at radius 2 is 2.23 bits per heavy atom. The number of nitrogens with two attached hydrogens (primary N) is 1. The maximum absolute atomic E-state index is 10.4. The van der Waals surface area contributed by atoms with Crippen LogP contribution in [0.25, 0.3) is 11.0 Å². The number of amidine groups is 1. The van der Waals surface area contributed by atoms with E-state index in [0.717, 1.165) is 16.9 Å². The summed E-state index contributed by atoms with van der Waals surface area (Å²) in [5, 5.41) is 0. The smallest absolute Gasteiger partial charge is 0.387 e. The first-order chi connectivity index (χ1) is 10.4. The van der Waals surface area contributed by atoms with Crippen molar-refractivity contribution in [1.29, 1.82) is 0 Å². The molecular formula is C12H16N4O4S2. The highest BCUT2D eigenvalue weighted by Gasteiger charge is 2.07. The molecule has 1 heterocycles. The van der Waals surface area contributed by atoms with Crippen molar-refractivity contribution in [2.24, 2.45) is 17.8 Å². The Bertz CT molecular complexity index is 786. The molecule has 8 nitrogen and oxygen atoms in total. The van der Waals surface area contributed by atoms with E-state index in [2.05, 4.69) is 13.6 Å². The molecule has 0 bridgehead atoms. The summed E-state index contributed by atoms with van der Waals surface area (Å²) in [4.78, 5) is 8.63. The SMILES string of the molecule is Cn1c(CCN=C(N)CSOS(=O)(=O)O)nc2ccccc21. The summed E-state index contributed by atoms with van der Waals surface area (Å²) < 4.78 is 35.2. The number of aliphatic imine (C=N–C) groups is 1. The average Bonchev–Trinajstić information content (AvgIpc) is 2.75. The zero-order valence-electron chi connectivity index (χ0n) is 11.8. The quantitative estimate of drug-likeness (QED) is 0.332. The predicted octanol–water partition coefficient (Wildman–Crippen LogP) is 0.941. The van der Waals surface area contributed by atoms with Gasteiger partial charge in [-0.3, -0.25) is 9.55 Å². The Hall–Kier alpha value is -1.62. The van der Waals surface area contributed by atoms with Gasteiger partial charge < -0.3 is 10.3 Å². The van der Waals surface area contributed by atoms with Crippen LogP contribution in [0.4, 0.5) is 0 Å². The van der Waals surface area contributed by atoms with Crippen molar-refractivity contribution >= 4 is 39.3 Å². The highest BCUT2D eigenvalue weighted by molar-refractivity contribution is 8.03. The fourth-order valence-electron chi connectivity index (χ4n) is 1.91. The van der Waals surface area contributed by atoms with E-state index in [1.807, 2.05) is 35.9 Å². The van der Waals surface area contributed by atoms with Gasteiger partial charge in [-0.05, 0) is 12.1 Å². The normalized spacial score (nSPS) is 12.9. The monoisotopic (exact) mass is 344 g/mol. The van der Waals surface area contributed by atoms with E-state index >= 15 is 0 Å². The van der Waals surface area contributed by atoms with Crippen molar-refractivity contribution in [3.8, 4) is 0 Å². The summed E-state index contributed by atoms with van der Waals surface area (Å²) in [6, 6.07) is 7.82. The molecule has 0 fully saturated rings. The molecule has 0 aliphatic carbocycles. The molecule has 2 rings (SSSR count). The minimum atomic E-state index is -4.46. The van der Waals surface area contributed by atoms with Gasteiger partial charge in [0.15, 0.2) is 0 Å². The van der Waals surface area contributed by atoms with Crippen LogP contribution in [0.3, 0.4) is 0 Å². The van der Waals surface area contributed by atoms with Gasteiger partial charge in [0, 0.05) is 32.1 Å². The summed E-state index contributed by atoms with van der Waals surface area (Å²) >= 11 is 0.507. The average molecular weight is 344 g/mol. The van der Waals surface area contributed by atoms with Gasteiger partial charge in [0.1, 0.15) is 11.7 Å². The molecule has 0 atom stereocenters. The van der Waals surface area contributed by atoms with E-state index < -0.39 is 10.4 Å². The molecule has 0 aliphatic rings. The van der Waals surface area contributed by atoms with Crippen LogP contribution in [-0.2, 0) is 27.5 Å².